The van der Waals surface area contributed by atoms with Crippen LogP contribution in [-0.2, 0) is 53.3 Å². The molecule has 8 aromatic rings. The summed E-state index contributed by atoms with van der Waals surface area (Å²) in [6, 6.07) is 41.1. The van der Waals surface area contributed by atoms with Gasteiger partial charge in [-0.1, -0.05) is 151 Å². The smallest absolute Gasteiger partial charge is 0.406 e. The molecule has 2 saturated heterocycles. The van der Waals surface area contributed by atoms with E-state index in [1.54, 1.807) is 47.2 Å². The quantitative estimate of drug-likeness (QED) is 0.0136. The zero-order valence-electron chi connectivity index (χ0n) is 57.4. The maximum Gasteiger partial charge on any atom is 0.406 e. The summed E-state index contributed by atoms with van der Waals surface area (Å²) in [7, 11) is -9.57. The zero-order valence-corrected chi connectivity index (χ0v) is 60.2. The molecular formula is C70H88N14O11P2Si. The molecular weight excluding hydrogens is 1300 g/mol. The van der Waals surface area contributed by atoms with Gasteiger partial charge in [0.1, 0.15) is 36.4 Å². The van der Waals surface area contributed by atoms with Gasteiger partial charge in [-0.15, -0.1) is 0 Å². The number of nitrogens with one attached hydrogen (secondary N) is 4. The molecule has 0 bridgehead atoms. The van der Waals surface area contributed by atoms with E-state index in [0.717, 1.165) is 16.7 Å². The third-order valence-electron chi connectivity index (χ3n) is 18.2. The largest absolute Gasteiger partial charge is 0.408 e. The van der Waals surface area contributed by atoms with E-state index in [1.807, 2.05) is 95.3 Å². The summed E-state index contributed by atoms with van der Waals surface area (Å²) in [5, 5.41) is 29.7. The maximum absolute atomic E-state index is 16.6. The zero-order chi connectivity index (χ0) is 70.1. The van der Waals surface area contributed by atoms with Gasteiger partial charge >= 0.3 is 7.75 Å². The second-order valence-electron chi connectivity index (χ2n) is 26.9. The van der Waals surface area contributed by atoms with Crippen molar-refractivity contribution in [2.45, 2.75) is 167 Å². The number of anilines is 1. The summed E-state index contributed by atoms with van der Waals surface area (Å²) in [5.41, 5.74) is 2.23. The summed E-state index contributed by atoms with van der Waals surface area (Å²) in [4.78, 5) is 66.8. The molecule has 4 aromatic carbocycles. The van der Waals surface area contributed by atoms with Crippen molar-refractivity contribution in [3.8, 4) is 12.1 Å². The number of ether oxygens (including phenoxy) is 2. The number of nitriles is 2. The normalized spacial score (nSPS) is 20.9. The molecule has 2 aliphatic heterocycles. The van der Waals surface area contributed by atoms with Gasteiger partial charge in [-0.3, -0.25) is 37.9 Å². The second-order valence-corrected chi connectivity index (χ2v) is 34.9. The number of aromatic nitrogens is 8. The molecule has 28 heteroatoms. The number of carbonyl (C=O) groups is 2. The summed E-state index contributed by atoms with van der Waals surface area (Å²) in [5.74, 6) is -1.06. The van der Waals surface area contributed by atoms with Gasteiger partial charge in [0, 0.05) is 35.5 Å². The Balaban J connectivity index is 1.10. The lowest BCUT2D eigenvalue weighted by Gasteiger charge is -2.42. The van der Waals surface area contributed by atoms with Gasteiger partial charge < -0.3 is 33.2 Å². The van der Waals surface area contributed by atoms with E-state index < -0.39 is 102 Å². The van der Waals surface area contributed by atoms with Gasteiger partial charge in [0.25, 0.3) is 20.0 Å². The molecule has 0 radical (unpaired) electrons. The van der Waals surface area contributed by atoms with Crippen molar-refractivity contribution >= 4 is 64.4 Å². The van der Waals surface area contributed by atoms with E-state index in [4.69, 9.17) is 46.9 Å². The first-order valence-electron chi connectivity index (χ1n) is 33.1. The number of carbonyl (C=O) groups excluding carboxylic acids is 2. The van der Waals surface area contributed by atoms with Gasteiger partial charge in [0.05, 0.1) is 88.2 Å². The molecule has 1 amide bonds. The fourth-order valence-electron chi connectivity index (χ4n) is 12.2. The summed E-state index contributed by atoms with van der Waals surface area (Å²) >= 11 is 0. The molecule has 0 aliphatic carbocycles. The van der Waals surface area contributed by atoms with Crippen molar-refractivity contribution in [2.75, 3.05) is 31.7 Å². The Bertz CT molecular complexity index is 4100. The number of aromatic amines is 1. The first-order chi connectivity index (χ1) is 46.9. The fourth-order valence-corrected chi connectivity index (χ4v) is 16.7. The molecule has 0 spiro atoms. The summed E-state index contributed by atoms with van der Waals surface area (Å²) in [6.07, 6.45) is -1.00. The molecule has 4 N–H and O–H groups in total. The maximum atomic E-state index is 16.6. The predicted octanol–water partition coefficient (Wildman–Crippen LogP) is 12.1. The average Bonchev–Trinajstić information content (AvgIpc) is 1.47. The SMILES string of the molecule is CC(C)C(=O)Cc1nc2c(ncn2[C@@H]2O[C@H](COP(=O)(N[C@H]3[C@@H](O[Si](C)(C)C(C)(C)C)[C@H](n4cnc5c(NC(=O)c6ccccc6)ncnc54)O[C@@H]3COP(OCCC#N)N(C(C)C)C(C)C)OCCC#N)[C@@H](NC(c3ccccc3)(c3ccccc3)c3ccccc3)[C@H]2C)c(=O)[nH]1. The Hall–Kier alpha value is -7.62. The van der Waals surface area contributed by atoms with E-state index in [9.17, 15) is 24.9 Å². The molecule has 2 fully saturated rings. The molecule has 98 heavy (non-hydrogen) atoms. The van der Waals surface area contributed by atoms with Crippen molar-refractivity contribution < 1.29 is 46.1 Å². The van der Waals surface area contributed by atoms with Crippen LogP contribution in [0.3, 0.4) is 0 Å². The van der Waals surface area contributed by atoms with Crippen LogP contribution in [0.25, 0.3) is 22.3 Å². The molecule has 0 saturated carbocycles. The van der Waals surface area contributed by atoms with Crippen LogP contribution < -0.4 is 21.3 Å². The lowest BCUT2D eigenvalue weighted by atomic mass is 9.75. The number of hydrogen-bond donors (Lipinski definition) is 4. The number of hydrogen-bond acceptors (Lipinski definition) is 20. The number of ketones is 1. The molecule has 6 heterocycles. The number of amides is 1. The van der Waals surface area contributed by atoms with Gasteiger partial charge in [0.2, 0.25) is 0 Å². The van der Waals surface area contributed by atoms with Crippen molar-refractivity contribution in [3.05, 3.63) is 179 Å². The monoisotopic (exact) mass is 1390 g/mol. The molecule has 518 valence electrons. The highest BCUT2D eigenvalue weighted by Gasteiger charge is 2.55. The standard InChI is InChI=1S/C70H88N14O11P2Si/c1-45(2)53(85)39-56-77-64-60(66(87)78-56)76-44-83(64)67-48(7)57(80-70(50-29-19-14-20-30-50,51-31-21-15-22-32-51)52-33-23-16-24-34-52)55(93-67)41-92-97(88,91-38-26-36-72)81-58-54(40-90-96(89-37-25-35-71)84(46(3)4)47(5)6)94-68(61(58)95-98(11,12)69(8,9)10)82-43-75-59-62(73-42-74-63(59)82)79-65(86)49-27-17-13-18-28-49/h13-24,27-34,42-48,54-55,57-58,61,67-68,80H,25-26,37-41H2,1-12H3,(H,81,88)(H,77,78,87)(H,73,74,79,86)/t48-,54-,55-,57+,58-,61-,67-,68-,96?,97?/m1/s1. The molecule has 2 aliphatic rings. The number of benzene rings is 4. The van der Waals surface area contributed by atoms with Crippen LogP contribution in [0.15, 0.2) is 145 Å². The van der Waals surface area contributed by atoms with Crippen molar-refractivity contribution in [2.24, 2.45) is 11.8 Å². The topological polar surface area (TPSA) is 310 Å². The van der Waals surface area contributed by atoms with Crippen LogP contribution in [0, 0.1) is 34.5 Å². The van der Waals surface area contributed by atoms with Crippen LogP contribution in [0.2, 0.25) is 18.1 Å². The Kier molecular flexibility index (Phi) is 23.7. The number of nitrogens with zero attached hydrogens (tertiary/aromatic N) is 10. The molecule has 10 atom stereocenters. The predicted molar refractivity (Wildman–Crippen MR) is 374 cm³/mol. The van der Waals surface area contributed by atoms with Crippen LogP contribution in [0.1, 0.15) is 127 Å². The number of H-pyrrole nitrogens is 1. The Labute approximate surface area is 574 Å². The lowest BCUT2D eigenvalue weighted by Crippen LogP contribution is -2.55. The van der Waals surface area contributed by atoms with E-state index >= 15 is 4.57 Å². The minimum Gasteiger partial charge on any atom is -0.408 e. The number of imidazole rings is 2. The highest BCUT2D eigenvalue weighted by molar-refractivity contribution is 7.51. The average molecular weight is 1390 g/mol. The minimum atomic E-state index is -4.77. The lowest BCUT2D eigenvalue weighted by molar-refractivity contribution is -0.121. The van der Waals surface area contributed by atoms with Crippen molar-refractivity contribution in [1.29, 1.82) is 10.5 Å². The Morgan fingerprint density at radius 2 is 1.28 bits per heavy atom. The summed E-state index contributed by atoms with van der Waals surface area (Å²) in [6.45, 7) is 23.3. The van der Waals surface area contributed by atoms with Crippen LogP contribution in [0.5, 0.6) is 0 Å². The summed E-state index contributed by atoms with van der Waals surface area (Å²) < 4.78 is 70.8. The minimum absolute atomic E-state index is 0.0384. The van der Waals surface area contributed by atoms with E-state index in [0.29, 0.717) is 5.56 Å². The third-order valence-corrected chi connectivity index (χ3v) is 26.3. The highest BCUT2D eigenvalue weighted by atomic mass is 31.2. The number of rotatable bonds is 31. The van der Waals surface area contributed by atoms with E-state index in [1.165, 1.54) is 19.0 Å². The van der Waals surface area contributed by atoms with Crippen LogP contribution >= 0.6 is 16.3 Å². The number of Topliss-reactive ketones (excluding diaryl/α,β-unsaturated/α-hetero) is 1. The van der Waals surface area contributed by atoms with Crippen LogP contribution in [-0.4, -0.2) is 133 Å². The van der Waals surface area contributed by atoms with Crippen molar-refractivity contribution in [1.82, 2.24) is 54.1 Å². The number of fused-ring (bicyclic) bond motifs is 2. The van der Waals surface area contributed by atoms with Gasteiger partial charge in [-0.25, -0.2) is 39.2 Å². The molecule has 2 unspecified atom stereocenters. The highest BCUT2D eigenvalue weighted by Crippen LogP contribution is 2.53. The van der Waals surface area contributed by atoms with Gasteiger partial charge in [-0.05, 0) is 74.7 Å². The molecule has 10 rings (SSSR count). The Morgan fingerprint density at radius 3 is 1.85 bits per heavy atom. The fraction of sp³-hybridized carbons (Fsp3) is 0.457. The van der Waals surface area contributed by atoms with Crippen molar-refractivity contribution in [3.63, 3.8) is 0 Å². The van der Waals surface area contributed by atoms with E-state index in [2.05, 4.69) is 118 Å². The van der Waals surface area contributed by atoms with Crippen LogP contribution in [0.4, 0.5) is 5.82 Å². The molecule has 4 aromatic heterocycles. The Morgan fingerprint density at radius 1 is 0.724 bits per heavy atom. The second kappa shape index (κ2) is 31.7. The first kappa shape index (κ1) is 73.1. The molecule has 25 nitrogen and oxygen atoms in total. The van der Waals surface area contributed by atoms with Gasteiger partial charge in [-0.2, -0.15) is 10.5 Å². The van der Waals surface area contributed by atoms with Gasteiger partial charge in [0.15, 0.2) is 42.7 Å². The van der Waals surface area contributed by atoms with E-state index in [-0.39, 0.29) is 96.8 Å². The first-order valence-corrected chi connectivity index (χ1v) is 38.7. The third kappa shape index (κ3) is 16.2.